The minimum atomic E-state index is -0.393. The van der Waals surface area contributed by atoms with Crippen molar-refractivity contribution in [3.63, 3.8) is 0 Å². The number of methoxy groups -OCH3 is 1. The molecule has 3 heteroatoms. The van der Waals surface area contributed by atoms with E-state index in [1.165, 1.54) is 13.2 Å². The topological polar surface area (TPSA) is 46.5 Å². The average Bonchev–Trinajstić information content (AvgIpc) is 2.19. The lowest BCUT2D eigenvalue weighted by Crippen LogP contribution is -1.93. The van der Waals surface area contributed by atoms with Crippen LogP contribution in [0.2, 0.25) is 0 Å². The molecule has 0 aliphatic heterocycles. The first-order valence-electron chi connectivity index (χ1n) is 4.19. The van der Waals surface area contributed by atoms with Gasteiger partial charge in [-0.2, -0.15) is 0 Å². The highest BCUT2D eigenvalue weighted by Gasteiger charge is 1.96. The van der Waals surface area contributed by atoms with Crippen molar-refractivity contribution in [2.24, 2.45) is 0 Å². The minimum Gasteiger partial charge on any atom is -0.508 e. The molecule has 1 N–H and O–H groups in total. The summed E-state index contributed by atoms with van der Waals surface area (Å²) >= 11 is 0. The molecule has 0 unspecified atom stereocenters. The van der Waals surface area contributed by atoms with E-state index in [4.69, 9.17) is 0 Å². The maximum atomic E-state index is 10.8. The van der Waals surface area contributed by atoms with Crippen molar-refractivity contribution in [2.45, 2.75) is 6.92 Å². The van der Waals surface area contributed by atoms with Crippen molar-refractivity contribution in [3.8, 4) is 5.75 Å². The fourth-order valence-electron chi connectivity index (χ4n) is 1.01. The zero-order valence-corrected chi connectivity index (χ0v) is 8.15. The molecule has 1 aromatic rings. The number of hydrogen-bond donors (Lipinski definition) is 1. The SMILES string of the molecule is COC(=O)/C=C/c1ccc(O)c(C)c1. The predicted molar refractivity (Wildman–Crippen MR) is 53.9 cm³/mol. The predicted octanol–water partition coefficient (Wildman–Crippen LogP) is 1.89. The van der Waals surface area contributed by atoms with Crippen LogP contribution in [-0.2, 0) is 9.53 Å². The van der Waals surface area contributed by atoms with Gasteiger partial charge in [-0.3, -0.25) is 0 Å². The van der Waals surface area contributed by atoms with Gasteiger partial charge >= 0.3 is 5.97 Å². The number of carbonyl (C=O) groups excluding carboxylic acids is 1. The van der Waals surface area contributed by atoms with Crippen molar-refractivity contribution in [1.29, 1.82) is 0 Å². The van der Waals surface area contributed by atoms with Crippen molar-refractivity contribution in [3.05, 3.63) is 35.4 Å². The number of hydrogen-bond acceptors (Lipinski definition) is 3. The normalized spacial score (nSPS) is 10.4. The van der Waals surface area contributed by atoms with Crippen LogP contribution in [0.15, 0.2) is 24.3 Å². The molecule has 0 heterocycles. The third-order valence-corrected chi connectivity index (χ3v) is 1.83. The Hall–Kier alpha value is -1.77. The van der Waals surface area contributed by atoms with Gasteiger partial charge in [-0.05, 0) is 36.3 Å². The second-order valence-corrected chi connectivity index (χ2v) is 2.90. The number of carbonyl (C=O) groups is 1. The summed E-state index contributed by atoms with van der Waals surface area (Å²) in [6.07, 6.45) is 2.98. The van der Waals surface area contributed by atoms with E-state index in [0.29, 0.717) is 0 Å². The van der Waals surface area contributed by atoms with Gasteiger partial charge in [0.05, 0.1) is 7.11 Å². The van der Waals surface area contributed by atoms with E-state index in [9.17, 15) is 9.90 Å². The van der Waals surface area contributed by atoms with Gasteiger partial charge in [0.2, 0.25) is 0 Å². The smallest absolute Gasteiger partial charge is 0.330 e. The summed E-state index contributed by atoms with van der Waals surface area (Å²) in [4.78, 5) is 10.8. The Morgan fingerprint density at radius 1 is 1.50 bits per heavy atom. The van der Waals surface area contributed by atoms with Crippen LogP contribution in [0.5, 0.6) is 5.75 Å². The summed E-state index contributed by atoms with van der Waals surface area (Å²) in [7, 11) is 1.33. The highest BCUT2D eigenvalue weighted by Crippen LogP contribution is 2.17. The fourth-order valence-corrected chi connectivity index (χ4v) is 1.01. The number of aryl methyl sites for hydroxylation is 1. The first-order valence-corrected chi connectivity index (χ1v) is 4.19. The molecule has 0 atom stereocenters. The largest absolute Gasteiger partial charge is 0.508 e. The summed E-state index contributed by atoms with van der Waals surface area (Å²) in [5.41, 5.74) is 1.63. The van der Waals surface area contributed by atoms with E-state index in [1.54, 1.807) is 31.2 Å². The third-order valence-electron chi connectivity index (χ3n) is 1.83. The third kappa shape index (κ3) is 2.62. The summed E-state index contributed by atoms with van der Waals surface area (Å²) in [5.74, 6) is -0.143. The number of phenolic OH excluding ortho intramolecular Hbond substituents is 1. The first kappa shape index (κ1) is 10.3. The fraction of sp³-hybridized carbons (Fsp3) is 0.182. The Morgan fingerprint density at radius 3 is 2.79 bits per heavy atom. The van der Waals surface area contributed by atoms with Crippen molar-refractivity contribution < 1.29 is 14.6 Å². The van der Waals surface area contributed by atoms with Gasteiger partial charge in [0.25, 0.3) is 0 Å². The number of rotatable bonds is 2. The van der Waals surface area contributed by atoms with E-state index in [-0.39, 0.29) is 5.75 Å². The lowest BCUT2D eigenvalue weighted by Gasteiger charge is -1.99. The number of aromatic hydroxyl groups is 1. The molecule has 0 radical (unpaired) electrons. The van der Waals surface area contributed by atoms with Gasteiger partial charge in [-0.1, -0.05) is 6.07 Å². The lowest BCUT2D eigenvalue weighted by atomic mass is 10.1. The number of benzene rings is 1. The molecule has 0 bridgehead atoms. The molecule has 0 spiro atoms. The van der Waals surface area contributed by atoms with Gasteiger partial charge in [0, 0.05) is 6.08 Å². The quantitative estimate of drug-likeness (QED) is 0.575. The Kier molecular flexibility index (Phi) is 3.29. The van der Waals surface area contributed by atoms with Crippen LogP contribution in [-0.4, -0.2) is 18.2 Å². The number of ether oxygens (including phenoxy) is 1. The summed E-state index contributed by atoms with van der Waals surface area (Å²) in [5, 5.41) is 9.25. The van der Waals surface area contributed by atoms with Gasteiger partial charge in [-0.25, -0.2) is 4.79 Å². The highest BCUT2D eigenvalue weighted by atomic mass is 16.5. The van der Waals surface area contributed by atoms with Crippen LogP contribution in [0.25, 0.3) is 6.08 Å². The zero-order valence-electron chi connectivity index (χ0n) is 8.15. The molecule has 0 fully saturated rings. The minimum absolute atomic E-state index is 0.250. The average molecular weight is 192 g/mol. The molecule has 0 saturated carbocycles. The number of phenols is 1. The molecular formula is C11H12O3. The van der Waals surface area contributed by atoms with E-state index in [1.807, 2.05) is 0 Å². The maximum Gasteiger partial charge on any atom is 0.330 e. The van der Waals surface area contributed by atoms with Crippen molar-refractivity contribution >= 4 is 12.0 Å². The Morgan fingerprint density at radius 2 is 2.21 bits per heavy atom. The van der Waals surface area contributed by atoms with E-state index in [2.05, 4.69) is 4.74 Å². The van der Waals surface area contributed by atoms with E-state index < -0.39 is 5.97 Å². The van der Waals surface area contributed by atoms with E-state index in [0.717, 1.165) is 11.1 Å². The molecule has 3 nitrogen and oxygen atoms in total. The van der Waals surface area contributed by atoms with E-state index >= 15 is 0 Å². The van der Waals surface area contributed by atoms with Crippen LogP contribution < -0.4 is 0 Å². The second-order valence-electron chi connectivity index (χ2n) is 2.90. The highest BCUT2D eigenvalue weighted by molar-refractivity contribution is 5.86. The van der Waals surface area contributed by atoms with Crippen LogP contribution >= 0.6 is 0 Å². The van der Waals surface area contributed by atoms with Crippen LogP contribution in [0, 0.1) is 6.92 Å². The van der Waals surface area contributed by atoms with Gasteiger partial charge < -0.3 is 9.84 Å². The molecule has 0 aliphatic rings. The number of esters is 1. The second kappa shape index (κ2) is 4.46. The summed E-state index contributed by atoms with van der Waals surface area (Å²) < 4.78 is 4.45. The Balaban J connectivity index is 2.83. The molecule has 0 amide bonds. The Bertz CT molecular complexity index is 367. The van der Waals surface area contributed by atoms with Gasteiger partial charge in [0.15, 0.2) is 0 Å². The molecule has 1 rings (SSSR count). The molecular weight excluding hydrogens is 180 g/mol. The first-order chi connectivity index (χ1) is 6.63. The zero-order chi connectivity index (χ0) is 10.6. The molecule has 1 aromatic carbocycles. The van der Waals surface area contributed by atoms with Gasteiger partial charge in [-0.15, -0.1) is 0 Å². The molecule has 74 valence electrons. The van der Waals surface area contributed by atoms with Gasteiger partial charge in [0.1, 0.15) is 5.75 Å². The summed E-state index contributed by atoms with van der Waals surface area (Å²) in [6.45, 7) is 1.80. The van der Waals surface area contributed by atoms with Crippen molar-refractivity contribution in [1.82, 2.24) is 0 Å². The van der Waals surface area contributed by atoms with Crippen molar-refractivity contribution in [2.75, 3.05) is 7.11 Å². The molecule has 14 heavy (non-hydrogen) atoms. The molecule has 0 aromatic heterocycles. The Labute approximate surface area is 82.6 Å². The molecule has 0 saturated heterocycles. The van der Waals surface area contributed by atoms with Crippen LogP contribution in [0.4, 0.5) is 0 Å². The van der Waals surface area contributed by atoms with Crippen LogP contribution in [0.1, 0.15) is 11.1 Å². The monoisotopic (exact) mass is 192 g/mol. The van der Waals surface area contributed by atoms with Crippen LogP contribution in [0.3, 0.4) is 0 Å². The molecule has 0 aliphatic carbocycles. The summed E-state index contributed by atoms with van der Waals surface area (Å²) in [6, 6.07) is 5.10. The standard InChI is InChI=1S/C11H12O3/c1-8-7-9(3-5-10(8)12)4-6-11(13)14-2/h3-7,12H,1-2H3/b6-4+. The maximum absolute atomic E-state index is 10.8. The lowest BCUT2D eigenvalue weighted by molar-refractivity contribution is -0.134.